The van der Waals surface area contributed by atoms with Crippen molar-refractivity contribution in [1.82, 2.24) is 19.4 Å². The topological polar surface area (TPSA) is 63.1 Å². The summed E-state index contributed by atoms with van der Waals surface area (Å²) in [7, 11) is 1.68. The van der Waals surface area contributed by atoms with Gasteiger partial charge in [-0.15, -0.1) is 0 Å². The molecule has 0 unspecified atom stereocenters. The van der Waals surface area contributed by atoms with Crippen LogP contribution in [-0.4, -0.2) is 44.6 Å². The van der Waals surface area contributed by atoms with Gasteiger partial charge in [0, 0.05) is 38.8 Å². The van der Waals surface area contributed by atoms with E-state index < -0.39 is 6.05 Å². The van der Waals surface area contributed by atoms with Crippen molar-refractivity contribution in [2.24, 2.45) is 7.05 Å². The number of hydrogen-bond donors (Lipinski definition) is 1. The maximum absolute atomic E-state index is 13.5. The summed E-state index contributed by atoms with van der Waals surface area (Å²) >= 11 is 0. The third kappa shape index (κ3) is 3.46. The highest BCUT2D eigenvalue weighted by atomic mass is 19.3. The number of alkyl halides is 2. The first kappa shape index (κ1) is 18.4. The molecule has 0 aromatic carbocycles. The summed E-state index contributed by atoms with van der Waals surface area (Å²) in [6.45, 7) is 8.04. The lowest BCUT2D eigenvalue weighted by Gasteiger charge is -2.21. The third-order valence-electron chi connectivity index (χ3n) is 4.55. The minimum atomic E-state index is -3.16. The highest BCUT2D eigenvalue weighted by Crippen LogP contribution is 2.28. The zero-order valence-corrected chi connectivity index (χ0v) is 15.6. The van der Waals surface area contributed by atoms with Gasteiger partial charge >= 0.3 is 6.05 Å². The molecule has 0 saturated heterocycles. The van der Waals surface area contributed by atoms with Crippen molar-refractivity contribution in [3.05, 3.63) is 34.0 Å². The number of nitrogens with one attached hydrogen (secondary N) is 1. The summed E-state index contributed by atoms with van der Waals surface area (Å²) in [6.07, 6.45) is 2.07. The van der Waals surface area contributed by atoms with E-state index in [-0.39, 0.29) is 22.7 Å². The summed E-state index contributed by atoms with van der Waals surface area (Å²) in [4.78, 5) is 23.3. The number of rotatable bonds is 4. The molecule has 1 N–H and O–H groups in total. The van der Waals surface area contributed by atoms with E-state index in [1.807, 2.05) is 0 Å². The Hall–Kier alpha value is -2.35. The summed E-state index contributed by atoms with van der Waals surface area (Å²) in [5, 5.41) is 2.40. The second-order valence-corrected chi connectivity index (χ2v) is 7.04. The maximum atomic E-state index is 13.5. The van der Waals surface area contributed by atoms with Crippen molar-refractivity contribution in [2.45, 2.75) is 39.8 Å². The minimum absolute atomic E-state index is 0.0294. The largest absolute Gasteiger partial charge is 0.321 e. The van der Waals surface area contributed by atoms with Crippen molar-refractivity contribution >= 4 is 22.3 Å². The van der Waals surface area contributed by atoms with E-state index in [2.05, 4.69) is 40.1 Å². The molecule has 0 saturated carbocycles. The first-order chi connectivity index (χ1) is 12.1. The first-order valence-electron chi connectivity index (χ1n) is 8.54. The quantitative estimate of drug-likeness (QED) is 0.847. The van der Waals surface area contributed by atoms with Crippen LogP contribution in [0.5, 0.6) is 0 Å². The molecule has 0 bridgehead atoms. The Morgan fingerprint density at radius 1 is 1.31 bits per heavy atom. The Balaban J connectivity index is 2.18. The van der Waals surface area contributed by atoms with Crippen LogP contribution < -0.4 is 10.9 Å². The first-order valence-corrected chi connectivity index (χ1v) is 8.54. The Morgan fingerprint density at radius 3 is 2.58 bits per heavy atom. The summed E-state index contributed by atoms with van der Waals surface area (Å²) < 4.78 is 28.6. The smallest absolute Gasteiger partial charge is 0.311 e. The Kier molecular flexibility index (Phi) is 4.56. The van der Waals surface area contributed by atoms with Crippen LogP contribution in [0.15, 0.2) is 16.9 Å². The van der Waals surface area contributed by atoms with Crippen molar-refractivity contribution < 1.29 is 8.78 Å². The molecule has 1 aliphatic heterocycles. The zero-order chi connectivity index (χ0) is 19.2. The summed E-state index contributed by atoms with van der Waals surface area (Å²) in [5.74, 6) is 0.235. The molecule has 2 aromatic heterocycles. The Morgan fingerprint density at radius 2 is 2.00 bits per heavy atom. The number of aromatic nitrogens is 3. The van der Waals surface area contributed by atoms with E-state index in [0.717, 1.165) is 19.0 Å². The van der Waals surface area contributed by atoms with Crippen LogP contribution in [0.2, 0.25) is 0 Å². The highest BCUT2D eigenvalue weighted by Gasteiger charge is 2.25. The predicted octanol–water partition coefficient (Wildman–Crippen LogP) is 2.77. The molecular weight excluding hydrogens is 340 g/mol. The lowest BCUT2D eigenvalue weighted by molar-refractivity contribution is 0.0540. The number of aryl methyl sites for hydroxylation is 1. The average Bonchev–Trinajstić information content (AvgIpc) is 2.99. The van der Waals surface area contributed by atoms with Crippen LogP contribution in [0.4, 0.5) is 14.6 Å². The number of nitrogens with zero attached hydrogens (tertiary/aromatic N) is 4. The van der Waals surface area contributed by atoms with Crippen LogP contribution in [-0.2, 0) is 7.05 Å². The molecule has 3 heterocycles. The number of hydrogen-bond acceptors (Lipinski definition) is 5. The molecular formula is C18H23F2N5O. The molecule has 140 valence electrons. The minimum Gasteiger partial charge on any atom is -0.311 e. The molecule has 0 spiro atoms. The molecule has 0 aliphatic carbocycles. The van der Waals surface area contributed by atoms with Crippen molar-refractivity contribution in [3.8, 4) is 0 Å². The lowest BCUT2D eigenvalue weighted by atomic mass is 10.1. The van der Waals surface area contributed by atoms with Gasteiger partial charge < -0.3 is 9.88 Å². The van der Waals surface area contributed by atoms with Gasteiger partial charge in [0.1, 0.15) is 17.2 Å². The van der Waals surface area contributed by atoms with Crippen LogP contribution in [0.25, 0.3) is 16.5 Å². The van der Waals surface area contributed by atoms with Gasteiger partial charge in [0.25, 0.3) is 5.56 Å². The Bertz CT molecular complexity index is 943. The van der Waals surface area contributed by atoms with Crippen LogP contribution in [0, 0.1) is 6.92 Å². The molecule has 0 radical (unpaired) electrons. The molecule has 3 rings (SSSR count). The van der Waals surface area contributed by atoms with E-state index >= 15 is 0 Å². The average molecular weight is 363 g/mol. The summed E-state index contributed by atoms with van der Waals surface area (Å²) in [6, 6.07) is -1.06. The fourth-order valence-corrected chi connectivity index (χ4v) is 3.15. The number of fused-ring (bicyclic) bond motifs is 1. The van der Waals surface area contributed by atoms with Crippen LogP contribution in [0.1, 0.15) is 32.3 Å². The van der Waals surface area contributed by atoms with Crippen LogP contribution >= 0.6 is 0 Å². The molecule has 1 aliphatic rings. The van der Waals surface area contributed by atoms with Crippen molar-refractivity contribution in [1.29, 1.82) is 0 Å². The van der Waals surface area contributed by atoms with E-state index in [1.165, 1.54) is 4.57 Å². The number of anilines is 1. The second-order valence-electron chi connectivity index (χ2n) is 7.04. The van der Waals surface area contributed by atoms with Crippen molar-refractivity contribution in [2.75, 3.05) is 18.4 Å². The normalized spacial score (nSPS) is 15.8. The van der Waals surface area contributed by atoms with Gasteiger partial charge in [0.2, 0.25) is 0 Å². The monoisotopic (exact) mass is 363 g/mol. The maximum Gasteiger partial charge on any atom is 0.321 e. The molecule has 6 nitrogen and oxygen atoms in total. The van der Waals surface area contributed by atoms with Gasteiger partial charge in [-0.05, 0) is 32.4 Å². The fourth-order valence-electron chi connectivity index (χ4n) is 3.15. The third-order valence-corrected chi connectivity index (χ3v) is 4.55. The van der Waals surface area contributed by atoms with Gasteiger partial charge in [-0.2, -0.15) is 8.78 Å². The second kappa shape index (κ2) is 6.42. The Labute approximate surface area is 150 Å². The number of pyridine rings is 1. The molecule has 0 atom stereocenters. The van der Waals surface area contributed by atoms with Gasteiger partial charge in [-0.1, -0.05) is 6.08 Å². The molecule has 0 fully saturated rings. The standard InChI is InChI=1S/C18H23F2N5O/c1-10(2)25-7-6-12(9-25)14-8-13-15(17(26)24(14)5)21-11(3)22-16(13)23-18(4,19)20/h6,8,10H,7,9H2,1-5H3,(H,21,22,23). The molecule has 8 heteroatoms. The highest BCUT2D eigenvalue weighted by molar-refractivity contribution is 5.91. The van der Waals surface area contributed by atoms with Crippen molar-refractivity contribution in [3.63, 3.8) is 0 Å². The summed E-state index contributed by atoms with van der Waals surface area (Å²) in [5.41, 5.74) is 1.50. The van der Waals surface area contributed by atoms with Gasteiger partial charge in [-0.3, -0.25) is 9.69 Å². The van der Waals surface area contributed by atoms with Gasteiger partial charge in [0.05, 0.1) is 5.39 Å². The predicted molar refractivity (Wildman–Crippen MR) is 98.4 cm³/mol. The molecule has 2 aromatic rings. The van der Waals surface area contributed by atoms with E-state index in [1.54, 1.807) is 20.0 Å². The fraction of sp³-hybridized carbons (Fsp3) is 0.500. The van der Waals surface area contributed by atoms with E-state index in [4.69, 9.17) is 0 Å². The zero-order valence-electron chi connectivity index (χ0n) is 15.6. The van der Waals surface area contributed by atoms with E-state index in [9.17, 15) is 13.6 Å². The van der Waals surface area contributed by atoms with Gasteiger partial charge in [0.15, 0.2) is 0 Å². The SMILES string of the molecule is Cc1nc(NC(C)(F)F)c2cc(C3=CCN(C(C)C)C3)n(C)c(=O)c2n1. The number of halogens is 2. The van der Waals surface area contributed by atoms with Crippen LogP contribution in [0.3, 0.4) is 0 Å². The lowest BCUT2D eigenvalue weighted by Crippen LogP contribution is -2.29. The van der Waals surface area contributed by atoms with Gasteiger partial charge in [-0.25, -0.2) is 9.97 Å². The molecule has 0 amide bonds. The molecule has 26 heavy (non-hydrogen) atoms. The van der Waals surface area contributed by atoms with E-state index in [0.29, 0.717) is 23.7 Å².